The predicted molar refractivity (Wildman–Crippen MR) is 112 cm³/mol. The number of fused-ring (bicyclic) bond motifs is 1. The average molecular weight is 418 g/mol. The summed E-state index contributed by atoms with van der Waals surface area (Å²) in [5, 5.41) is 14.0. The number of nitrogens with zero attached hydrogens (tertiary/aromatic N) is 2. The van der Waals surface area contributed by atoms with Gasteiger partial charge >= 0.3 is 0 Å². The molecular formula is C20H23N3O3S2. The van der Waals surface area contributed by atoms with Crippen LogP contribution in [-0.2, 0) is 11.3 Å². The van der Waals surface area contributed by atoms with E-state index in [-0.39, 0.29) is 25.2 Å². The highest BCUT2D eigenvalue weighted by atomic mass is 32.1. The molecule has 0 unspecified atom stereocenters. The molecule has 2 aromatic heterocycles. The van der Waals surface area contributed by atoms with Crippen LogP contribution in [0.4, 0.5) is 0 Å². The summed E-state index contributed by atoms with van der Waals surface area (Å²) < 4.78 is 7.20. The summed E-state index contributed by atoms with van der Waals surface area (Å²) in [6.45, 7) is 5.26. The van der Waals surface area contributed by atoms with Crippen LogP contribution in [0.15, 0.2) is 30.5 Å². The molecule has 1 aromatic carbocycles. The molecule has 1 fully saturated rings. The minimum atomic E-state index is -0.159. The van der Waals surface area contributed by atoms with Crippen LogP contribution in [0, 0.1) is 6.92 Å². The van der Waals surface area contributed by atoms with Crippen LogP contribution in [0.1, 0.15) is 31.2 Å². The van der Waals surface area contributed by atoms with Crippen molar-refractivity contribution in [1.29, 1.82) is 0 Å². The molecule has 148 valence electrons. The molecule has 0 spiro atoms. The Morgan fingerprint density at radius 1 is 1.39 bits per heavy atom. The zero-order valence-corrected chi connectivity index (χ0v) is 17.3. The van der Waals surface area contributed by atoms with Crippen LogP contribution in [0.25, 0.3) is 10.1 Å². The lowest BCUT2D eigenvalue weighted by Crippen LogP contribution is -2.38. The minimum Gasteiger partial charge on any atom is -0.395 e. The average Bonchev–Trinajstić information content (AvgIpc) is 3.29. The molecule has 0 bridgehead atoms. The second-order valence-corrected chi connectivity index (χ2v) is 9.13. The summed E-state index contributed by atoms with van der Waals surface area (Å²) in [6.07, 6.45) is 1.78. The van der Waals surface area contributed by atoms with E-state index in [1.807, 2.05) is 31.3 Å². The summed E-state index contributed by atoms with van der Waals surface area (Å²) in [6, 6.07) is 8.07. The van der Waals surface area contributed by atoms with Gasteiger partial charge in [-0.2, -0.15) is 0 Å². The summed E-state index contributed by atoms with van der Waals surface area (Å²) in [4.78, 5) is 21.4. The lowest BCUT2D eigenvalue weighted by Gasteiger charge is -2.33. The number of amides is 1. The van der Waals surface area contributed by atoms with Crippen LogP contribution in [-0.4, -0.2) is 53.7 Å². The fourth-order valence-electron chi connectivity index (χ4n) is 3.52. The standard InChI is InChI=1S/C20H23N3O3S2/c1-13-22-10-14(27-13)11-23-7-9-26-16(12-23)18-15-4-2-3-5-17(15)28-19(18)20(25)21-6-8-24/h2-5,10,16,24H,6-9,11-12H2,1H3,(H,21,25)/t16-/m1/s1. The van der Waals surface area contributed by atoms with E-state index in [1.165, 1.54) is 16.2 Å². The largest absolute Gasteiger partial charge is 0.395 e. The van der Waals surface area contributed by atoms with E-state index in [4.69, 9.17) is 9.84 Å². The van der Waals surface area contributed by atoms with Crippen molar-refractivity contribution in [3.05, 3.63) is 50.8 Å². The molecule has 3 aromatic rings. The molecule has 1 saturated heterocycles. The van der Waals surface area contributed by atoms with E-state index >= 15 is 0 Å². The number of benzene rings is 1. The first-order valence-electron chi connectivity index (χ1n) is 9.31. The number of morpholine rings is 1. The van der Waals surface area contributed by atoms with Crippen LogP contribution >= 0.6 is 22.7 Å². The number of ether oxygens (including phenoxy) is 1. The molecule has 0 radical (unpaired) electrons. The summed E-state index contributed by atoms with van der Waals surface area (Å²) in [5.41, 5.74) is 0.959. The molecule has 28 heavy (non-hydrogen) atoms. The summed E-state index contributed by atoms with van der Waals surface area (Å²) in [5.74, 6) is -0.149. The number of rotatable bonds is 6. The van der Waals surface area contributed by atoms with Crippen LogP contribution in [0.3, 0.4) is 0 Å². The molecule has 4 rings (SSSR count). The molecule has 1 aliphatic heterocycles. The molecule has 1 amide bonds. The Labute approximate surface area is 171 Å². The van der Waals surface area contributed by atoms with E-state index in [0.29, 0.717) is 11.5 Å². The lowest BCUT2D eigenvalue weighted by molar-refractivity contribution is -0.0320. The third-order valence-electron chi connectivity index (χ3n) is 4.76. The first kappa shape index (κ1) is 19.5. The highest BCUT2D eigenvalue weighted by molar-refractivity contribution is 7.21. The SMILES string of the molecule is Cc1ncc(CN2CCO[C@@H](c3c(C(=O)NCCO)sc4ccccc34)C2)s1. The van der Waals surface area contributed by atoms with Gasteiger partial charge < -0.3 is 15.2 Å². The Bertz CT molecular complexity index is 969. The Kier molecular flexibility index (Phi) is 6.03. The molecule has 3 heterocycles. The quantitative estimate of drug-likeness (QED) is 0.645. The molecule has 6 nitrogen and oxygen atoms in total. The van der Waals surface area contributed by atoms with Crippen molar-refractivity contribution in [2.75, 3.05) is 32.8 Å². The van der Waals surface area contributed by atoms with Gasteiger partial charge in [-0.1, -0.05) is 18.2 Å². The number of nitrogens with one attached hydrogen (secondary N) is 1. The normalized spacial score (nSPS) is 17.9. The van der Waals surface area contributed by atoms with Crippen molar-refractivity contribution >= 4 is 38.7 Å². The van der Waals surface area contributed by atoms with Crippen LogP contribution in [0.2, 0.25) is 0 Å². The third kappa shape index (κ3) is 4.11. The predicted octanol–water partition coefficient (Wildman–Crippen LogP) is 2.96. The number of hydrogen-bond donors (Lipinski definition) is 2. The highest BCUT2D eigenvalue weighted by Crippen LogP contribution is 2.38. The Morgan fingerprint density at radius 3 is 3.04 bits per heavy atom. The fourth-order valence-corrected chi connectivity index (χ4v) is 5.53. The van der Waals surface area contributed by atoms with E-state index < -0.39 is 0 Å². The summed E-state index contributed by atoms with van der Waals surface area (Å²) in [7, 11) is 0. The van der Waals surface area contributed by atoms with E-state index in [2.05, 4.69) is 21.3 Å². The van der Waals surface area contributed by atoms with Gasteiger partial charge in [-0.3, -0.25) is 9.69 Å². The van der Waals surface area contributed by atoms with Gasteiger partial charge in [-0.15, -0.1) is 22.7 Å². The number of carbonyl (C=O) groups is 1. The number of carbonyl (C=O) groups excluding carboxylic acids is 1. The lowest BCUT2D eigenvalue weighted by atomic mass is 10.0. The summed E-state index contributed by atoms with van der Waals surface area (Å²) >= 11 is 3.20. The third-order valence-corrected chi connectivity index (χ3v) is 6.84. The van der Waals surface area contributed by atoms with Gasteiger partial charge in [0, 0.05) is 47.5 Å². The van der Waals surface area contributed by atoms with Crippen molar-refractivity contribution < 1.29 is 14.6 Å². The van der Waals surface area contributed by atoms with Gasteiger partial charge in [-0.25, -0.2) is 4.98 Å². The number of aliphatic hydroxyl groups is 1. The van der Waals surface area contributed by atoms with Gasteiger partial charge in [0.1, 0.15) is 0 Å². The van der Waals surface area contributed by atoms with Gasteiger partial charge in [0.05, 0.1) is 29.2 Å². The molecule has 0 aliphatic carbocycles. The number of thiophene rings is 1. The Morgan fingerprint density at radius 2 is 2.25 bits per heavy atom. The highest BCUT2D eigenvalue weighted by Gasteiger charge is 2.29. The molecule has 8 heteroatoms. The monoisotopic (exact) mass is 417 g/mol. The number of aliphatic hydroxyl groups excluding tert-OH is 1. The fraction of sp³-hybridized carbons (Fsp3) is 0.400. The van der Waals surface area contributed by atoms with Crippen LogP contribution < -0.4 is 5.32 Å². The first-order chi connectivity index (χ1) is 13.7. The Balaban J connectivity index is 1.62. The topological polar surface area (TPSA) is 74.7 Å². The zero-order chi connectivity index (χ0) is 19.5. The second kappa shape index (κ2) is 8.67. The molecule has 0 saturated carbocycles. The smallest absolute Gasteiger partial charge is 0.261 e. The van der Waals surface area contributed by atoms with Gasteiger partial charge in [0.2, 0.25) is 0 Å². The zero-order valence-electron chi connectivity index (χ0n) is 15.7. The van der Waals surface area contributed by atoms with Crippen molar-refractivity contribution in [1.82, 2.24) is 15.2 Å². The molecule has 2 N–H and O–H groups in total. The number of thiazole rings is 1. The Hall–Kier alpha value is -1.84. The number of aromatic nitrogens is 1. The van der Waals surface area contributed by atoms with E-state index in [1.54, 1.807) is 11.3 Å². The molecule has 1 atom stereocenters. The molecular weight excluding hydrogens is 394 g/mol. The van der Waals surface area contributed by atoms with Crippen LogP contribution in [0.5, 0.6) is 0 Å². The molecule has 1 aliphatic rings. The van der Waals surface area contributed by atoms with Crippen molar-refractivity contribution in [3.8, 4) is 0 Å². The van der Waals surface area contributed by atoms with Gasteiger partial charge in [-0.05, 0) is 18.4 Å². The van der Waals surface area contributed by atoms with Gasteiger partial charge in [0.15, 0.2) is 0 Å². The first-order valence-corrected chi connectivity index (χ1v) is 10.9. The second-order valence-electron chi connectivity index (χ2n) is 6.76. The maximum atomic E-state index is 12.7. The number of hydrogen-bond acceptors (Lipinski definition) is 7. The van der Waals surface area contributed by atoms with E-state index in [9.17, 15) is 4.79 Å². The van der Waals surface area contributed by atoms with Crippen molar-refractivity contribution in [3.63, 3.8) is 0 Å². The minimum absolute atomic E-state index is 0.0755. The maximum Gasteiger partial charge on any atom is 0.261 e. The van der Waals surface area contributed by atoms with E-state index in [0.717, 1.165) is 40.3 Å². The van der Waals surface area contributed by atoms with Crippen molar-refractivity contribution in [2.45, 2.75) is 19.6 Å². The maximum absolute atomic E-state index is 12.7. The van der Waals surface area contributed by atoms with Gasteiger partial charge in [0.25, 0.3) is 5.91 Å². The van der Waals surface area contributed by atoms with Crippen molar-refractivity contribution in [2.24, 2.45) is 0 Å². The number of aryl methyl sites for hydroxylation is 1.